The van der Waals surface area contributed by atoms with Crippen LogP contribution in [0.4, 0.5) is 0 Å². The van der Waals surface area contributed by atoms with Crippen LogP contribution < -0.4 is 10.6 Å². The molecule has 4 atom stereocenters. The normalized spacial score (nSPS) is 25.9. The fraction of sp³-hybridized carbons (Fsp3) is 0.692. The summed E-state index contributed by atoms with van der Waals surface area (Å²) in [7, 11) is 0. The Bertz CT molecular complexity index is 717. The lowest BCUT2D eigenvalue weighted by molar-refractivity contribution is -0.137. The van der Waals surface area contributed by atoms with Gasteiger partial charge in [0, 0.05) is 25.3 Å². The minimum Gasteiger partial charge on any atom is -0.494 e. The van der Waals surface area contributed by atoms with Gasteiger partial charge in [0.2, 0.25) is 5.91 Å². The van der Waals surface area contributed by atoms with E-state index in [0.29, 0.717) is 44.1 Å². The number of aliphatic carboxylic acids is 1. The molecule has 0 aromatic rings. The molecule has 0 unspecified atom stereocenters. The Kier molecular flexibility index (Phi) is 11.0. The fourth-order valence-corrected chi connectivity index (χ4v) is 5.03. The van der Waals surface area contributed by atoms with Crippen LogP contribution in [0.2, 0.25) is 0 Å². The molecule has 7 heteroatoms. The quantitative estimate of drug-likeness (QED) is 0.240. The molecule has 0 saturated carbocycles. The van der Waals surface area contributed by atoms with Crippen LogP contribution in [0.3, 0.4) is 0 Å². The van der Waals surface area contributed by atoms with E-state index in [-0.39, 0.29) is 18.4 Å². The maximum atomic E-state index is 12.3. The van der Waals surface area contributed by atoms with Crippen molar-refractivity contribution in [2.24, 2.45) is 11.8 Å². The molecule has 0 aliphatic carbocycles. The van der Waals surface area contributed by atoms with Gasteiger partial charge in [-0.15, -0.1) is 0 Å². The number of rotatable bonds is 16. The molecule has 3 N–H and O–H groups in total. The Morgan fingerprint density at radius 2 is 1.94 bits per heavy atom. The third-order valence-corrected chi connectivity index (χ3v) is 6.81. The van der Waals surface area contributed by atoms with Gasteiger partial charge in [-0.25, -0.2) is 0 Å². The van der Waals surface area contributed by atoms with Gasteiger partial charge in [0.05, 0.1) is 24.5 Å². The number of carbonyl (C=O) groups excluding carboxylic acids is 1. The van der Waals surface area contributed by atoms with Gasteiger partial charge < -0.3 is 25.2 Å². The number of carboxylic acid groups (broad SMARTS) is 1. The summed E-state index contributed by atoms with van der Waals surface area (Å²) in [4.78, 5) is 22.9. The van der Waals surface area contributed by atoms with Gasteiger partial charge in [-0.3, -0.25) is 9.59 Å². The lowest BCUT2D eigenvalue weighted by Gasteiger charge is -2.27. The maximum absolute atomic E-state index is 12.3. The third-order valence-electron chi connectivity index (χ3n) is 6.81. The number of unbranched alkanes of at least 4 members (excludes halogenated alkanes) is 3. The number of allylic oxidation sites excluding steroid dienone is 5. The molecule has 3 heterocycles. The summed E-state index contributed by atoms with van der Waals surface area (Å²) < 4.78 is 11.7. The van der Waals surface area contributed by atoms with E-state index in [9.17, 15) is 9.59 Å². The second-order valence-corrected chi connectivity index (χ2v) is 9.27. The molecule has 33 heavy (non-hydrogen) atoms. The summed E-state index contributed by atoms with van der Waals surface area (Å²) in [5.74, 6) is 1.18. The summed E-state index contributed by atoms with van der Waals surface area (Å²) in [6, 6.07) is 0. The number of carboxylic acids is 1. The molecule has 1 amide bonds. The standard InChI is InChI=1S/C26H40N2O5/c29-25(19-27-16-8-3-4-10-20-11-7-9-17-32-20)28-18-22-21(23-14-15-24(22)33-23)12-5-1-2-6-13-26(30)31/h1,5,7,9,11,21-24,27H,2-4,6,8,10,12-19H2,(H,28,29)(H,30,31)/b5-1-/t21-,22+,23-,24+/m0/s1. The molecule has 3 rings (SSSR count). The van der Waals surface area contributed by atoms with Crippen LogP contribution in [0.5, 0.6) is 0 Å². The van der Waals surface area contributed by atoms with Gasteiger partial charge in [0.15, 0.2) is 0 Å². The van der Waals surface area contributed by atoms with Gasteiger partial charge in [0.1, 0.15) is 6.61 Å². The van der Waals surface area contributed by atoms with Crippen molar-refractivity contribution in [1.82, 2.24) is 10.6 Å². The van der Waals surface area contributed by atoms with E-state index in [1.165, 1.54) is 0 Å². The monoisotopic (exact) mass is 460 g/mol. The van der Waals surface area contributed by atoms with Crippen molar-refractivity contribution in [2.75, 3.05) is 26.2 Å². The first-order chi connectivity index (χ1) is 16.1. The highest BCUT2D eigenvalue weighted by Crippen LogP contribution is 2.44. The van der Waals surface area contributed by atoms with Crippen LogP contribution in [0.1, 0.15) is 64.2 Å². The first-order valence-electron chi connectivity index (χ1n) is 12.6. The van der Waals surface area contributed by atoms with Crippen LogP contribution >= 0.6 is 0 Å². The van der Waals surface area contributed by atoms with Crippen LogP contribution in [0.15, 0.2) is 36.1 Å². The molecule has 2 saturated heterocycles. The van der Waals surface area contributed by atoms with Gasteiger partial charge in [-0.1, -0.05) is 24.6 Å². The second kappa shape index (κ2) is 14.2. The van der Waals surface area contributed by atoms with Crippen LogP contribution in [-0.2, 0) is 19.1 Å². The number of hydrogen-bond donors (Lipinski definition) is 3. The third kappa shape index (κ3) is 8.97. The van der Waals surface area contributed by atoms with Crippen molar-refractivity contribution in [3.05, 3.63) is 36.1 Å². The van der Waals surface area contributed by atoms with Gasteiger partial charge in [-0.2, -0.15) is 0 Å². The van der Waals surface area contributed by atoms with E-state index in [4.69, 9.17) is 14.6 Å². The van der Waals surface area contributed by atoms with E-state index in [1.807, 2.05) is 18.2 Å². The molecule has 3 aliphatic rings. The number of hydrogen-bond acceptors (Lipinski definition) is 5. The Hall–Kier alpha value is -2.12. The molecule has 0 spiro atoms. The summed E-state index contributed by atoms with van der Waals surface area (Å²) in [5, 5.41) is 15.1. The Labute approximate surface area is 197 Å². The van der Waals surface area contributed by atoms with Crippen molar-refractivity contribution in [3.63, 3.8) is 0 Å². The molecular formula is C26H40N2O5. The molecule has 3 aliphatic heterocycles. The Balaban J connectivity index is 1.24. The van der Waals surface area contributed by atoms with Crippen molar-refractivity contribution in [2.45, 2.75) is 76.4 Å². The minimum atomic E-state index is -0.740. The first-order valence-corrected chi connectivity index (χ1v) is 12.6. The zero-order valence-corrected chi connectivity index (χ0v) is 19.7. The summed E-state index contributed by atoms with van der Waals surface area (Å²) in [5.41, 5.74) is 0. The number of nitrogens with one attached hydrogen (secondary N) is 2. The highest BCUT2D eigenvalue weighted by Gasteiger charge is 2.47. The lowest BCUT2D eigenvalue weighted by atomic mass is 9.77. The predicted octanol–water partition coefficient (Wildman–Crippen LogP) is 3.72. The van der Waals surface area contributed by atoms with Crippen molar-refractivity contribution < 1.29 is 24.2 Å². The Morgan fingerprint density at radius 1 is 1.09 bits per heavy atom. The molecular weight excluding hydrogens is 420 g/mol. The number of amides is 1. The van der Waals surface area contributed by atoms with Gasteiger partial charge in [-0.05, 0) is 69.6 Å². The average Bonchev–Trinajstić information content (AvgIpc) is 3.42. The molecule has 7 nitrogen and oxygen atoms in total. The fourth-order valence-electron chi connectivity index (χ4n) is 5.03. The van der Waals surface area contributed by atoms with Crippen LogP contribution in [0.25, 0.3) is 0 Å². The van der Waals surface area contributed by atoms with Crippen LogP contribution in [0, 0.1) is 11.8 Å². The number of fused-ring (bicyclic) bond motifs is 2. The zero-order valence-electron chi connectivity index (χ0n) is 19.7. The molecule has 0 aromatic heterocycles. The summed E-state index contributed by atoms with van der Waals surface area (Å²) >= 11 is 0. The topological polar surface area (TPSA) is 96.9 Å². The number of carbonyl (C=O) groups is 2. The first kappa shape index (κ1) is 25.5. The predicted molar refractivity (Wildman–Crippen MR) is 128 cm³/mol. The smallest absolute Gasteiger partial charge is 0.303 e. The van der Waals surface area contributed by atoms with Crippen molar-refractivity contribution in [3.8, 4) is 0 Å². The van der Waals surface area contributed by atoms with E-state index in [0.717, 1.165) is 63.7 Å². The zero-order chi connectivity index (χ0) is 23.3. The van der Waals surface area contributed by atoms with Crippen molar-refractivity contribution >= 4 is 11.9 Å². The van der Waals surface area contributed by atoms with E-state index in [2.05, 4.69) is 22.8 Å². The summed E-state index contributed by atoms with van der Waals surface area (Å²) in [6.45, 7) is 2.56. The Morgan fingerprint density at radius 3 is 2.73 bits per heavy atom. The molecule has 2 bridgehead atoms. The van der Waals surface area contributed by atoms with E-state index in [1.54, 1.807) is 0 Å². The SMILES string of the molecule is O=C(O)CCC/C=C\C[C@H]1[C@@H](CNC(=O)CNCCCCCC2=CC=CCO2)[C@H]2CC[C@@H]1O2. The second-order valence-electron chi connectivity index (χ2n) is 9.27. The average molecular weight is 461 g/mol. The van der Waals surface area contributed by atoms with Crippen molar-refractivity contribution in [1.29, 1.82) is 0 Å². The molecule has 2 fully saturated rings. The largest absolute Gasteiger partial charge is 0.494 e. The molecule has 0 radical (unpaired) electrons. The molecule has 0 aromatic carbocycles. The highest BCUT2D eigenvalue weighted by molar-refractivity contribution is 5.77. The highest BCUT2D eigenvalue weighted by atomic mass is 16.5. The van der Waals surface area contributed by atoms with E-state index >= 15 is 0 Å². The minimum absolute atomic E-state index is 0.0493. The lowest BCUT2D eigenvalue weighted by Crippen LogP contribution is -2.41. The van der Waals surface area contributed by atoms with Gasteiger partial charge in [0.25, 0.3) is 0 Å². The number of ether oxygens (including phenoxy) is 2. The molecule has 184 valence electrons. The maximum Gasteiger partial charge on any atom is 0.303 e. The summed E-state index contributed by atoms with van der Waals surface area (Å²) in [6.07, 6.45) is 20.0. The van der Waals surface area contributed by atoms with Gasteiger partial charge >= 0.3 is 5.97 Å². The van der Waals surface area contributed by atoms with Crippen LogP contribution in [-0.4, -0.2) is 55.4 Å². The van der Waals surface area contributed by atoms with E-state index < -0.39 is 5.97 Å².